The molecule has 1 N–H and O–H groups in total. The van der Waals surface area contributed by atoms with Crippen LogP contribution in [0.2, 0.25) is 5.02 Å². The standard InChI is InChI=1S/C17H14ClFN2/c18-16-13(5-2-8-15(16)19)10-20-11-14-6-1-4-12-7-3-9-21-17(12)14/h1-9,20H,10-11H2. The summed E-state index contributed by atoms with van der Waals surface area (Å²) >= 11 is 5.94. The fourth-order valence-electron chi connectivity index (χ4n) is 2.33. The Labute approximate surface area is 127 Å². The van der Waals surface area contributed by atoms with Crippen molar-refractivity contribution in [2.75, 3.05) is 0 Å². The smallest absolute Gasteiger partial charge is 0.142 e. The van der Waals surface area contributed by atoms with Crippen molar-refractivity contribution in [2.24, 2.45) is 0 Å². The monoisotopic (exact) mass is 300 g/mol. The molecule has 0 fully saturated rings. The minimum Gasteiger partial charge on any atom is -0.308 e. The molecule has 0 aliphatic heterocycles. The van der Waals surface area contributed by atoms with E-state index in [2.05, 4.69) is 10.3 Å². The highest BCUT2D eigenvalue weighted by atomic mass is 35.5. The van der Waals surface area contributed by atoms with Crippen molar-refractivity contribution >= 4 is 22.5 Å². The van der Waals surface area contributed by atoms with Gasteiger partial charge in [0, 0.05) is 24.7 Å². The first-order chi connectivity index (χ1) is 10.3. The van der Waals surface area contributed by atoms with Crippen molar-refractivity contribution in [3.63, 3.8) is 0 Å². The van der Waals surface area contributed by atoms with E-state index in [9.17, 15) is 4.39 Å². The molecule has 1 aromatic heterocycles. The second-order valence-corrected chi connectivity index (χ2v) is 5.19. The number of benzene rings is 2. The number of aromatic nitrogens is 1. The molecule has 0 unspecified atom stereocenters. The first-order valence-electron chi connectivity index (χ1n) is 6.72. The van der Waals surface area contributed by atoms with Crippen LogP contribution < -0.4 is 5.32 Å². The highest BCUT2D eigenvalue weighted by Gasteiger charge is 2.06. The molecule has 1 heterocycles. The Bertz CT molecular complexity index is 768. The minimum absolute atomic E-state index is 0.182. The van der Waals surface area contributed by atoms with Gasteiger partial charge in [-0.2, -0.15) is 0 Å². The molecule has 0 amide bonds. The molecule has 3 aromatic rings. The maximum absolute atomic E-state index is 13.4. The number of fused-ring (bicyclic) bond motifs is 1. The van der Waals surface area contributed by atoms with E-state index in [1.807, 2.05) is 36.4 Å². The van der Waals surface area contributed by atoms with Crippen LogP contribution in [0.3, 0.4) is 0 Å². The van der Waals surface area contributed by atoms with Gasteiger partial charge in [-0.25, -0.2) is 4.39 Å². The topological polar surface area (TPSA) is 24.9 Å². The van der Waals surface area contributed by atoms with Crippen LogP contribution in [0.5, 0.6) is 0 Å². The van der Waals surface area contributed by atoms with E-state index in [1.165, 1.54) is 6.07 Å². The van der Waals surface area contributed by atoms with Crippen molar-refractivity contribution in [2.45, 2.75) is 13.1 Å². The van der Waals surface area contributed by atoms with Gasteiger partial charge in [-0.1, -0.05) is 48.0 Å². The number of pyridine rings is 1. The van der Waals surface area contributed by atoms with E-state index >= 15 is 0 Å². The summed E-state index contributed by atoms with van der Waals surface area (Å²) in [5, 5.41) is 4.58. The van der Waals surface area contributed by atoms with Gasteiger partial charge in [0.2, 0.25) is 0 Å². The average molecular weight is 301 g/mol. The predicted octanol–water partition coefficient (Wildman–Crippen LogP) is 4.32. The number of nitrogens with zero attached hydrogens (tertiary/aromatic N) is 1. The zero-order chi connectivity index (χ0) is 14.7. The highest BCUT2D eigenvalue weighted by Crippen LogP contribution is 2.20. The summed E-state index contributed by atoms with van der Waals surface area (Å²) < 4.78 is 13.4. The van der Waals surface area contributed by atoms with Crippen LogP contribution in [0.15, 0.2) is 54.7 Å². The van der Waals surface area contributed by atoms with Crippen molar-refractivity contribution in [3.8, 4) is 0 Å². The van der Waals surface area contributed by atoms with E-state index in [4.69, 9.17) is 11.6 Å². The second-order valence-electron chi connectivity index (χ2n) is 4.81. The number of nitrogens with one attached hydrogen (secondary N) is 1. The van der Waals surface area contributed by atoms with Gasteiger partial charge >= 0.3 is 0 Å². The van der Waals surface area contributed by atoms with Gasteiger partial charge in [-0.3, -0.25) is 4.98 Å². The SMILES string of the molecule is Fc1cccc(CNCc2cccc3cccnc23)c1Cl. The van der Waals surface area contributed by atoms with Gasteiger partial charge < -0.3 is 5.32 Å². The molecule has 2 aromatic carbocycles. The van der Waals surface area contributed by atoms with E-state index in [0.29, 0.717) is 13.1 Å². The Kier molecular flexibility index (Phi) is 4.13. The molecule has 3 rings (SSSR count). The summed E-state index contributed by atoms with van der Waals surface area (Å²) in [4.78, 5) is 4.41. The van der Waals surface area contributed by atoms with Crippen LogP contribution in [-0.4, -0.2) is 4.98 Å². The van der Waals surface area contributed by atoms with Gasteiger partial charge in [0.1, 0.15) is 5.82 Å². The van der Waals surface area contributed by atoms with Crippen LogP contribution in [0, 0.1) is 5.82 Å². The largest absolute Gasteiger partial charge is 0.308 e. The molecular weight excluding hydrogens is 287 g/mol. The Hall–Kier alpha value is -1.97. The highest BCUT2D eigenvalue weighted by molar-refractivity contribution is 6.31. The Morgan fingerprint density at radius 2 is 1.67 bits per heavy atom. The van der Waals surface area contributed by atoms with Crippen LogP contribution in [0.1, 0.15) is 11.1 Å². The molecule has 0 saturated heterocycles. The van der Waals surface area contributed by atoms with E-state index in [-0.39, 0.29) is 10.8 Å². The Balaban J connectivity index is 1.74. The molecule has 0 aliphatic rings. The average Bonchev–Trinajstić information content (AvgIpc) is 2.52. The molecule has 106 valence electrons. The number of hydrogen-bond donors (Lipinski definition) is 1. The Morgan fingerprint density at radius 1 is 0.952 bits per heavy atom. The lowest BCUT2D eigenvalue weighted by Gasteiger charge is -2.09. The first-order valence-corrected chi connectivity index (χ1v) is 7.10. The molecule has 21 heavy (non-hydrogen) atoms. The number of rotatable bonds is 4. The van der Waals surface area contributed by atoms with E-state index in [0.717, 1.165) is 22.0 Å². The zero-order valence-electron chi connectivity index (χ0n) is 11.3. The zero-order valence-corrected chi connectivity index (χ0v) is 12.1. The molecule has 0 spiro atoms. The predicted molar refractivity (Wildman–Crippen MR) is 83.7 cm³/mol. The molecule has 2 nitrogen and oxygen atoms in total. The minimum atomic E-state index is -0.386. The molecule has 4 heteroatoms. The first kappa shape index (κ1) is 14.0. The molecule has 0 atom stereocenters. The molecule has 0 aliphatic carbocycles. The van der Waals surface area contributed by atoms with Gasteiger partial charge in [0.05, 0.1) is 10.5 Å². The van der Waals surface area contributed by atoms with E-state index < -0.39 is 0 Å². The lowest BCUT2D eigenvalue weighted by molar-refractivity contribution is 0.621. The fourth-order valence-corrected chi connectivity index (χ4v) is 2.52. The lowest BCUT2D eigenvalue weighted by atomic mass is 10.1. The van der Waals surface area contributed by atoms with Crippen LogP contribution >= 0.6 is 11.6 Å². The third kappa shape index (κ3) is 3.04. The third-order valence-corrected chi connectivity index (χ3v) is 3.80. The third-order valence-electron chi connectivity index (χ3n) is 3.38. The van der Waals surface area contributed by atoms with Gasteiger partial charge in [-0.05, 0) is 23.3 Å². The van der Waals surface area contributed by atoms with Crippen LogP contribution in [-0.2, 0) is 13.1 Å². The van der Waals surface area contributed by atoms with Gasteiger partial charge in [0.25, 0.3) is 0 Å². The van der Waals surface area contributed by atoms with E-state index in [1.54, 1.807) is 12.3 Å². The number of hydrogen-bond acceptors (Lipinski definition) is 2. The normalized spacial score (nSPS) is 11.0. The summed E-state index contributed by atoms with van der Waals surface area (Å²) in [5.74, 6) is -0.386. The summed E-state index contributed by atoms with van der Waals surface area (Å²) in [6, 6.07) is 14.9. The summed E-state index contributed by atoms with van der Waals surface area (Å²) in [7, 11) is 0. The molecule has 0 radical (unpaired) electrons. The summed E-state index contributed by atoms with van der Waals surface area (Å²) in [6.45, 7) is 1.17. The maximum atomic E-state index is 13.4. The number of para-hydroxylation sites is 1. The van der Waals surface area contributed by atoms with Crippen molar-refractivity contribution < 1.29 is 4.39 Å². The molecule has 0 bridgehead atoms. The van der Waals surface area contributed by atoms with Crippen LogP contribution in [0.25, 0.3) is 10.9 Å². The second kappa shape index (κ2) is 6.20. The maximum Gasteiger partial charge on any atom is 0.142 e. The molecular formula is C17H14ClFN2. The Morgan fingerprint density at radius 3 is 2.57 bits per heavy atom. The fraction of sp³-hybridized carbons (Fsp3) is 0.118. The van der Waals surface area contributed by atoms with Gasteiger partial charge in [0.15, 0.2) is 0 Å². The number of halogens is 2. The summed E-state index contributed by atoms with van der Waals surface area (Å²) in [5.41, 5.74) is 2.85. The van der Waals surface area contributed by atoms with Gasteiger partial charge in [-0.15, -0.1) is 0 Å². The quantitative estimate of drug-likeness (QED) is 0.776. The molecule has 0 saturated carbocycles. The summed E-state index contributed by atoms with van der Waals surface area (Å²) in [6.07, 6.45) is 1.79. The lowest BCUT2D eigenvalue weighted by Crippen LogP contribution is -2.13. The van der Waals surface area contributed by atoms with Crippen molar-refractivity contribution in [1.82, 2.24) is 10.3 Å². The van der Waals surface area contributed by atoms with Crippen molar-refractivity contribution in [3.05, 3.63) is 76.7 Å². The van der Waals surface area contributed by atoms with Crippen molar-refractivity contribution in [1.29, 1.82) is 0 Å². The van der Waals surface area contributed by atoms with Crippen LogP contribution in [0.4, 0.5) is 4.39 Å².